The number of carbonyl (C=O) groups is 1. The van der Waals surface area contributed by atoms with Crippen molar-refractivity contribution in [2.24, 2.45) is 5.92 Å². The highest BCUT2D eigenvalue weighted by Crippen LogP contribution is 2.34. The molecule has 0 spiro atoms. The molecule has 1 rings (SSSR count). The van der Waals surface area contributed by atoms with Crippen LogP contribution in [-0.4, -0.2) is 30.0 Å². The monoisotopic (exact) mass is 221 g/mol. The Morgan fingerprint density at radius 1 is 1.64 bits per heavy atom. The number of halogens is 1. The van der Waals surface area contributed by atoms with Crippen molar-refractivity contribution in [3.8, 4) is 0 Å². The van der Waals surface area contributed by atoms with Gasteiger partial charge in [0, 0.05) is 17.8 Å². The first-order chi connectivity index (χ1) is 5.15. The van der Waals surface area contributed by atoms with Crippen molar-refractivity contribution in [2.45, 2.75) is 17.7 Å². The predicted octanol–water partition coefficient (Wildman–Crippen LogP) is 1.18. The smallest absolute Gasteiger partial charge is 0.249 e. The molecule has 0 aromatic rings. The second kappa shape index (κ2) is 3.54. The summed E-state index contributed by atoms with van der Waals surface area (Å²) in [6, 6.07) is 0. The van der Waals surface area contributed by atoms with Crippen LogP contribution < -0.4 is 0 Å². The number of nitrogens with zero attached hydrogens (tertiary/aromatic N) is 1. The molecule has 3 nitrogen and oxygen atoms in total. The molecule has 1 aliphatic carbocycles. The molecule has 1 aliphatic rings. The third-order valence-electron chi connectivity index (χ3n) is 2.01. The summed E-state index contributed by atoms with van der Waals surface area (Å²) in [4.78, 5) is 16.6. The van der Waals surface area contributed by atoms with E-state index in [4.69, 9.17) is 4.84 Å². The number of amides is 1. The minimum Gasteiger partial charge on any atom is -0.275 e. The topological polar surface area (TPSA) is 29.5 Å². The predicted molar refractivity (Wildman–Crippen MR) is 45.2 cm³/mol. The van der Waals surface area contributed by atoms with Crippen molar-refractivity contribution in [3.63, 3.8) is 0 Å². The molecule has 0 aromatic heterocycles. The lowest BCUT2D eigenvalue weighted by Crippen LogP contribution is -2.39. The number of hydrogen-bond donors (Lipinski definition) is 0. The summed E-state index contributed by atoms with van der Waals surface area (Å²) in [6.45, 7) is 0. The molecule has 0 N–H and O–H groups in total. The summed E-state index contributed by atoms with van der Waals surface area (Å²) in [7, 11) is 3.14. The highest BCUT2D eigenvalue weighted by atomic mass is 79.9. The van der Waals surface area contributed by atoms with E-state index >= 15 is 0 Å². The lowest BCUT2D eigenvalue weighted by atomic mass is 9.84. The quantitative estimate of drug-likeness (QED) is 0.518. The standard InChI is InChI=1S/C7H12BrNO2/c1-9(11-2)7(10)5-3-6(8)4-5/h5-6H,3-4H2,1-2H3. The second-order valence-electron chi connectivity index (χ2n) is 2.78. The van der Waals surface area contributed by atoms with Crippen LogP contribution in [0.15, 0.2) is 0 Å². The molecule has 0 heterocycles. The van der Waals surface area contributed by atoms with Crippen LogP contribution in [0.2, 0.25) is 0 Å². The number of hydroxylamine groups is 2. The highest BCUT2D eigenvalue weighted by molar-refractivity contribution is 9.09. The Morgan fingerprint density at radius 2 is 2.18 bits per heavy atom. The summed E-state index contributed by atoms with van der Waals surface area (Å²) in [6.07, 6.45) is 1.87. The minimum absolute atomic E-state index is 0.0863. The fourth-order valence-electron chi connectivity index (χ4n) is 1.10. The van der Waals surface area contributed by atoms with Gasteiger partial charge in [-0.15, -0.1) is 0 Å². The van der Waals surface area contributed by atoms with Gasteiger partial charge in [-0.1, -0.05) is 15.9 Å². The van der Waals surface area contributed by atoms with E-state index in [1.807, 2.05) is 0 Å². The molecule has 4 heteroatoms. The summed E-state index contributed by atoms with van der Waals surface area (Å²) in [5, 5.41) is 1.30. The fraction of sp³-hybridized carbons (Fsp3) is 0.857. The molecule has 64 valence electrons. The molecule has 0 unspecified atom stereocenters. The molecule has 1 fully saturated rings. The van der Waals surface area contributed by atoms with E-state index < -0.39 is 0 Å². The summed E-state index contributed by atoms with van der Waals surface area (Å²) in [5.41, 5.74) is 0. The Hall–Kier alpha value is -0.0900. The number of alkyl halides is 1. The zero-order valence-electron chi connectivity index (χ0n) is 6.71. The maximum Gasteiger partial charge on any atom is 0.249 e. The Labute approximate surface area is 74.8 Å². The third kappa shape index (κ3) is 1.93. The number of rotatable bonds is 2. The molecule has 0 aliphatic heterocycles. The molecule has 11 heavy (non-hydrogen) atoms. The highest BCUT2D eigenvalue weighted by Gasteiger charge is 2.34. The third-order valence-corrected chi connectivity index (χ3v) is 2.76. The van der Waals surface area contributed by atoms with Gasteiger partial charge in [0.25, 0.3) is 0 Å². The molecule has 0 saturated heterocycles. The van der Waals surface area contributed by atoms with E-state index in [2.05, 4.69) is 15.9 Å². The van der Waals surface area contributed by atoms with E-state index in [1.54, 1.807) is 7.05 Å². The maximum absolute atomic E-state index is 11.3. The average molecular weight is 222 g/mol. The Kier molecular flexibility index (Phi) is 2.90. The van der Waals surface area contributed by atoms with Crippen LogP contribution in [0.5, 0.6) is 0 Å². The van der Waals surface area contributed by atoms with Gasteiger partial charge < -0.3 is 0 Å². The largest absolute Gasteiger partial charge is 0.275 e. The van der Waals surface area contributed by atoms with Gasteiger partial charge in [-0.2, -0.15) is 0 Å². The first-order valence-electron chi connectivity index (χ1n) is 3.61. The number of carbonyl (C=O) groups excluding carboxylic acids is 1. The van der Waals surface area contributed by atoms with Gasteiger partial charge in [-0.25, -0.2) is 5.06 Å². The van der Waals surface area contributed by atoms with E-state index in [1.165, 1.54) is 12.2 Å². The van der Waals surface area contributed by atoms with Crippen LogP contribution in [0, 0.1) is 5.92 Å². The van der Waals surface area contributed by atoms with Crippen LogP contribution >= 0.6 is 15.9 Å². The zero-order valence-corrected chi connectivity index (χ0v) is 8.30. The lowest BCUT2D eigenvalue weighted by molar-refractivity contribution is -0.175. The van der Waals surface area contributed by atoms with Gasteiger partial charge in [0.1, 0.15) is 0 Å². The molecule has 0 atom stereocenters. The van der Waals surface area contributed by atoms with Crippen molar-refractivity contribution in [2.75, 3.05) is 14.2 Å². The molecule has 0 radical (unpaired) electrons. The number of hydrogen-bond acceptors (Lipinski definition) is 2. The average Bonchev–Trinajstić information content (AvgIpc) is 1.96. The van der Waals surface area contributed by atoms with E-state index in [9.17, 15) is 4.79 Å². The molecular formula is C7H12BrNO2. The normalized spacial score (nSPS) is 29.4. The van der Waals surface area contributed by atoms with E-state index in [0.29, 0.717) is 4.83 Å². The minimum atomic E-state index is 0.0863. The molecule has 0 aromatic carbocycles. The van der Waals surface area contributed by atoms with Gasteiger partial charge in [0.2, 0.25) is 5.91 Å². The van der Waals surface area contributed by atoms with Crippen molar-refractivity contribution in [1.82, 2.24) is 5.06 Å². The van der Waals surface area contributed by atoms with Crippen LogP contribution in [0.25, 0.3) is 0 Å². The Bertz CT molecular complexity index is 157. The van der Waals surface area contributed by atoms with E-state index in [-0.39, 0.29) is 11.8 Å². The summed E-state index contributed by atoms with van der Waals surface area (Å²) >= 11 is 3.43. The fourth-order valence-corrected chi connectivity index (χ4v) is 2.00. The van der Waals surface area contributed by atoms with Crippen LogP contribution in [0.3, 0.4) is 0 Å². The molecule has 1 saturated carbocycles. The van der Waals surface area contributed by atoms with Crippen LogP contribution in [0.4, 0.5) is 0 Å². The molecule has 1 amide bonds. The van der Waals surface area contributed by atoms with Gasteiger partial charge in [-0.3, -0.25) is 9.63 Å². The molecular weight excluding hydrogens is 210 g/mol. The van der Waals surface area contributed by atoms with Crippen molar-refractivity contribution in [3.05, 3.63) is 0 Å². The van der Waals surface area contributed by atoms with Gasteiger partial charge >= 0.3 is 0 Å². The van der Waals surface area contributed by atoms with Crippen molar-refractivity contribution in [1.29, 1.82) is 0 Å². The van der Waals surface area contributed by atoms with Crippen molar-refractivity contribution >= 4 is 21.8 Å². The Morgan fingerprint density at radius 3 is 2.55 bits per heavy atom. The zero-order chi connectivity index (χ0) is 8.43. The van der Waals surface area contributed by atoms with Crippen LogP contribution in [0.1, 0.15) is 12.8 Å². The molecule has 0 bridgehead atoms. The Balaban J connectivity index is 2.31. The first kappa shape index (κ1) is 9.00. The first-order valence-corrected chi connectivity index (χ1v) is 4.52. The van der Waals surface area contributed by atoms with Gasteiger partial charge in [-0.05, 0) is 12.8 Å². The van der Waals surface area contributed by atoms with E-state index in [0.717, 1.165) is 12.8 Å². The second-order valence-corrected chi connectivity index (χ2v) is 4.08. The van der Waals surface area contributed by atoms with Gasteiger partial charge in [0.05, 0.1) is 7.11 Å². The van der Waals surface area contributed by atoms with Crippen molar-refractivity contribution < 1.29 is 9.63 Å². The SMILES string of the molecule is CON(C)C(=O)C1CC(Br)C1. The van der Waals surface area contributed by atoms with Crippen LogP contribution in [-0.2, 0) is 9.63 Å². The van der Waals surface area contributed by atoms with Gasteiger partial charge in [0.15, 0.2) is 0 Å². The lowest BCUT2D eigenvalue weighted by Gasteiger charge is -2.32. The summed E-state index contributed by atoms with van der Waals surface area (Å²) in [5.74, 6) is 0.257. The maximum atomic E-state index is 11.3. The summed E-state index contributed by atoms with van der Waals surface area (Å²) < 4.78 is 0.